The van der Waals surface area contributed by atoms with E-state index >= 15 is 0 Å². The summed E-state index contributed by atoms with van der Waals surface area (Å²) in [6.07, 6.45) is 0.757. The number of fused-ring (bicyclic) bond motifs is 1. The molecule has 2 heterocycles. The van der Waals surface area contributed by atoms with Gasteiger partial charge in [0.25, 0.3) is 11.5 Å². The van der Waals surface area contributed by atoms with Crippen molar-refractivity contribution in [3.63, 3.8) is 0 Å². The number of nitrogens with one attached hydrogen (secondary N) is 2. The van der Waals surface area contributed by atoms with Crippen LogP contribution in [0.2, 0.25) is 0 Å². The maximum absolute atomic E-state index is 14.2. The molecule has 6 nitrogen and oxygen atoms in total. The number of nitrogens with zero attached hydrogens (tertiary/aromatic N) is 2. The number of hydrogen-bond donors (Lipinski definition) is 2. The Bertz CT molecular complexity index is 1480. The summed E-state index contributed by atoms with van der Waals surface area (Å²) in [4.78, 5) is 30.6. The van der Waals surface area contributed by atoms with Crippen molar-refractivity contribution in [3.05, 3.63) is 112 Å². The smallest absolute Gasteiger partial charge is 0.263 e. The normalized spacial score (nSPS) is 16.3. The summed E-state index contributed by atoms with van der Waals surface area (Å²) in [5, 5.41) is 8.09. The zero-order valence-corrected chi connectivity index (χ0v) is 22.4. The second-order valence-corrected chi connectivity index (χ2v) is 10.7. The van der Waals surface area contributed by atoms with Crippen LogP contribution in [-0.2, 0) is 6.54 Å². The van der Waals surface area contributed by atoms with Crippen LogP contribution in [0.1, 0.15) is 54.8 Å². The molecular formula is C32H36N4O2. The average molecular weight is 509 g/mol. The van der Waals surface area contributed by atoms with Crippen molar-refractivity contribution < 1.29 is 4.79 Å². The Labute approximate surface area is 224 Å². The lowest BCUT2D eigenvalue weighted by atomic mass is 9.98. The van der Waals surface area contributed by atoms with Crippen LogP contribution in [0, 0.1) is 0 Å². The van der Waals surface area contributed by atoms with Crippen LogP contribution >= 0.6 is 0 Å². The van der Waals surface area contributed by atoms with Crippen molar-refractivity contribution in [2.24, 2.45) is 0 Å². The van der Waals surface area contributed by atoms with Crippen LogP contribution in [-0.4, -0.2) is 40.5 Å². The standard InChI is InChI=1S/C32H36N4O2/c1-4-27(23-13-7-5-8-14-23)34-30(37)29-25-17-11-12-18-26(25)31(38)36(24-15-9-6-10-16-24)28(29)21-35-20-19-33-32(2,3)22-35/h5-18,27,33H,4,19-22H2,1-3H3,(H,34,37)/t27-/m0/s1. The summed E-state index contributed by atoms with van der Waals surface area (Å²) < 4.78 is 1.75. The molecule has 3 aromatic carbocycles. The number of carbonyl (C=O) groups is 1. The van der Waals surface area contributed by atoms with Crippen LogP contribution < -0.4 is 16.2 Å². The van der Waals surface area contributed by atoms with Crippen LogP contribution in [0.3, 0.4) is 0 Å². The molecule has 1 aromatic heterocycles. The third-order valence-electron chi connectivity index (χ3n) is 7.37. The van der Waals surface area contributed by atoms with Crippen molar-refractivity contribution >= 4 is 16.7 Å². The molecule has 1 atom stereocenters. The highest BCUT2D eigenvalue weighted by molar-refractivity contribution is 6.08. The maximum Gasteiger partial charge on any atom is 0.263 e. The molecule has 1 aliphatic rings. The Kier molecular flexibility index (Phi) is 7.45. The second-order valence-electron chi connectivity index (χ2n) is 10.7. The molecule has 0 bridgehead atoms. The molecule has 1 aliphatic heterocycles. The highest BCUT2D eigenvalue weighted by Gasteiger charge is 2.30. The zero-order valence-electron chi connectivity index (χ0n) is 22.4. The average Bonchev–Trinajstić information content (AvgIpc) is 2.92. The first-order chi connectivity index (χ1) is 18.4. The van der Waals surface area contributed by atoms with E-state index < -0.39 is 0 Å². The van der Waals surface area contributed by atoms with Crippen molar-refractivity contribution in [1.82, 2.24) is 20.1 Å². The molecule has 0 radical (unpaired) electrons. The van der Waals surface area contributed by atoms with Gasteiger partial charge < -0.3 is 10.6 Å². The number of benzene rings is 3. The summed E-state index contributed by atoms with van der Waals surface area (Å²) in [5.74, 6) is -0.161. The van der Waals surface area contributed by atoms with E-state index in [-0.39, 0.29) is 23.0 Å². The summed E-state index contributed by atoms with van der Waals surface area (Å²) in [6.45, 7) is 9.43. The van der Waals surface area contributed by atoms with Gasteiger partial charge in [0, 0.05) is 48.2 Å². The number of hydrogen-bond acceptors (Lipinski definition) is 4. The van der Waals surface area contributed by atoms with E-state index in [4.69, 9.17) is 0 Å². The predicted octanol–water partition coefficient (Wildman–Crippen LogP) is 5.06. The minimum atomic E-state index is -0.161. The van der Waals surface area contributed by atoms with E-state index in [9.17, 15) is 9.59 Å². The number of aromatic nitrogens is 1. The first kappa shape index (κ1) is 25.9. The van der Waals surface area contributed by atoms with Gasteiger partial charge in [-0.05, 0) is 44.0 Å². The molecule has 0 aliphatic carbocycles. The van der Waals surface area contributed by atoms with Gasteiger partial charge in [0.15, 0.2) is 0 Å². The van der Waals surface area contributed by atoms with Crippen LogP contribution in [0.15, 0.2) is 89.7 Å². The number of piperazine rings is 1. The molecule has 2 N–H and O–H groups in total. The largest absolute Gasteiger partial charge is 0.345 e. The molecule has 0 unspecified atom stereocenters. The van der Waals surface area contributed by atoms with E-state index in [1.165, 1.54) is 0 Å². The predicted molar refractivity (Wildman–Crippen MR) is 154 cm³/mol. The topological polar surface area (TPSA) is 66.4 Å². The first-order valence-electron chi connectivity index (χ1n) is 13.4. The molecule has 0 saturated carbocycles. The number of amides is 1. The van der Waals surface area contributed by atoms with Gasteiger partial charge in [-0.1, -0.05) is 73.7 Å². The fraction of sp³-hybridized carbons (Fsp3) is 0.312. The van der Waals surface area contributed by atoms with E-state index in [2.05, 4.69) is 36.3 Å². The molecule has 6 heteroatoms. The third-order valence-corrected chi connectivity index (χ3v) is 7.37. The van der Waals surface area contributed by atoms with E-state index in [1.54, 1.807) is 4.57 Å². The highest BCUT2D eigenvalue weighted by atomic mass is 16.2. The Morgan fingerprint density at radius 3 is 2.24 bits per heavy atom. The minimum absolute atomic E-state index is 0.0595. The Morgan fingerprint density at radius 2 is 1.58 bits per heavy atom. The number of pyridine rings is 1. The molecule has 1 fully saturated rings. The Morgan fingerprint density at radius 1 is 0.947 bits per heavy atom. The monoisotopic (exact) mass is 508 g/mol. The number of para-hydroxylation sites is 1. The molecule has 5 rings (SSSR count). The van der Waals surface area contributed by atoms with Crippen LogP contribution in [0.25, 0.3) is 16.5 Å². The van der Waals surface area contributed by atoms with Crippen molar-refractivity contribution in [3.8, 4) is 5.69 Å². The van der Waals surface area contributed by atoms with Crippen molar-refractivity contribution in [2.75, 3.05) is 19.6 Å². The summed E-state index contributed by atoms with van der Waals surface area (Å²) in [6, 6.07) is 27.1. The first-order valence-corrected chi connectivity index (χ1v) is 13.4. The van der Waals surface area contributed by atoms with Gasteiger partial charge in [-0.15, -0.1) is 0 Å². The second kappa shape index (κ2) is 10.9. The quantitative estimate of drug-likeness (QED) is 0.366. The minimum Gasteiger partial charge on any atom is -0.345 e. The van der Waals surface area contributed by atoms with Gasteiger partial charge in [0.2, 0.25) is 0 Å². The number of rotatable bonds is 7. The maximum atomic E-state index is 14.2. The highest BCUT2D eigenvalue weighted by Crippen LogP contribution is 2.26. The molecular weight excluding hydrogens is 472 g/mol. The summed E-state index contributed by atoms with van der Waals surface area (Å²) in [5.41, 5.74) is 2.94. The fourth-order valence-electron chi connectivity index (χ4n) is 5.58. The van der Waals surface area contributed by atoms with Crippen molar-refractivity contribution in [2.45, 2.75) is 45.3 Å². The van der Waals surface area contributed by atoms with Gasteiger partial charge in [0.05, 0.1) is 17.3 Å². The fourth-order valence-corrected chi connectivity index (χ4v) is 5.58. The molecule has 1 saturated heterocycles. The van der Waals surface area contributed by atoms with Gasteiger partial charge in [-0.2, -0.15) is 0 Å². The Hall–Kier alpha value is -3.74. The Balaban J connectivity index is 1.70. The molecule has 196 valence electrons. The van der Waals surface area contributed by atoms with Gasteiger partial charge in [-0.3, -0.25) is 19.1 Å². The summed E-state index contributed by atoms with van der Waals surface area (Å²) in [7, 11) is 0. The molecule has 4 aromatic rings. The van der Waals surface area contributed by atoms with Crippen LogP contribution in [0.5, 0.6) is 0 Å². The third kappa shape index (κ3) is 5.28. The van der Waals surface area contributed by atoms with E-state index in [1.807, 2.05) is 84.9 Å². The lowest BCUT2D eigenvalue weighted by Crippen LogP contribution is -2.56. The van der Waals surface area contributed by atoms with Gasteiger partial charge in [0.1, 0.15) is 0 Å². The molecule has 0 spiro atoms. The lowest BCUT2D eigenvalue weighted by Gasteiger charge is -2.39. The van der Waals surface area contributed by atoms with E-state index in [0.29, 0.717) is 22.9 Å². The van der Waals surface area contributed by atoms with Gasteiger partial charge >= 0.3 is 0 Å². The van der Waals surface area contributed by atoms with Crippen LogP contribution in [0.4, 0.5) is 0 Å². The van der Waals surface area contributed by atoms with E-state index in [0.717, 1.165) is 43.0 Å². The zero-order chi connectivity index (χ0) is 26.7. The molecule has 1 amide bonds. The molecule has 38 heavy (non-hydrogen) atoms. The SMILES string of the molecule is CC[C@H](NC(=O)c1c(CN2CCNC(C)(C)C2)n(-c2ccccc2)c(=O)c2ccccc12)c1ccccc1. The van der Waals surface area contributed by atoms with Crippen molar-refractivity contribution in [1.29, 1.82) is 0 Å². The number of carbonyl (C=O) groups excluding carboxylic acids is 1. The lowest BCUT2D eigenvalue weighted by molar-refractivity contribution is 0.0932. The van der Waals surface area contributed by atoms with Gasteiger partial charge in [-0.25, -0.2) is 0 Å². The summed E-state index contributed by atoms with van der Waals surface area (Å²) >= 11 is 0.